The number of aryl methyl sites for hydroxylation is 2. The molecule has 6 heteroatoms. The first-order valence-corrected chi connectivity index (χ1v) is 9.14. The number of rotatable bonds is 7. The Kier molecular flexibility index (Phi) is 6.22. The molecule has 0 bridgehead atoms. The van der Waals surface area contributed by atoms with E-state index in [9.17, 15) is 4.79 Å². The van der Waals surface area contributed by atoms with Crippen LogP contribution < -0.4 is 15.4 Å². The van der Waals surface area contributed by atoms with Crippen LogP contribution in [0.3, 0.4) is 0 Å². The lowest BCUT2D eigenvalue weighted by Gasteiger charge is -2.09. The average molecular weight is 376 g/mol. The highest BCUT2D eigenvalue weighted by Crippen LogP contribution is 2.19. The van der Waals surface area contributed by atoms with Gasteiger partial charge in [0.15, 0.2) is 11.5 Å². The van der Waals surface area contributed by atoms with Crippen molar-refractivity contribution in [3.05, 3.63) is 77.0 Å². The van der Waals surface area contributed by atoms with Gasteiger partial charge in [-0.05, 0) is 61.7 Å². The van der Waals surface area contributed by atoms with Gasteiger partial charge >= 0.3 is 0 Å². The van der Waals surface area contributed by atoms with Crippen molar-refractivity contribution in [1.82, 2.24) is 15.5 Å². The number of nitrogens with one attached hydrogen (secondary N) is 2. The second-order valence-electron chi connectivity index (χ2n) is 6.60. The first-order chi connectivity index (χ1) is 13.5. The second kappa shape index (κ2) is 8.99. The molecule has 2 N–H and O–H groups in total. The smallest absolute Gasteiger partial charge is 0.271 e. The molecule has 3 aromatic rings. The number of aromatic nitrogens is 2. The fraction of sp³-hybridized carbons (Fsp3) is 0.227. The lowest BCUT2D eigenvalue weighted by Crippen LogP contribution is -2.26. The van der Waals surface area contributed by atoms with E-state index < -0.39 is 0 Å². The zero-order valence-corrected chi connectivity index (χ0v) is 16.3. The summed E-state index contributed by atoms with van der Waals surface area (Å²) in [5.41, 5.74) is 4.72. The van der Waals surface area contributed by atoms with Crippen LogP contribution in [0.15, 0.2) is 54.6 Å². The third kappa shape index (κ3) is 5.07. The zero-order valence-electron chi connectivity index (χ0n) is 16.3. The number of hydrogen-bond donors (Lipinski definition) is 2. The maximum Gasteiger partial charge on any atom is 0.271 e. The molecule has 0 spiro atoms. The van der Waals surface area contributed by atoms with Crippen LogP contribution in [0.2, 0.25) is 0 Å². The summed E-state index contributed by atoms with van der Waals surface area (Å²) >= 11 is 0. The van der Waals surface area contributed by atoms with Crippen LogP contribution in [0, 0.1) is 13.8 Å². The van der Waals surface area contributed by atoms with Gasteiger partial charge in [0.2, 0.25) is 0 Å². The van der Waals surface area contributed by atoms with E-state index in [1.807, 2.05) is 43.3 Å². The molecular formula is C22H24N4O2. The van der Waals surface area contributed by atoms with Crippen LogP contribution in [0.1, 0.15) is 27.2 Å². The minimum absolute atomic E-state index is 0.237. The number of amides is 1. The summed E-state index contributed by atoms with van der Waals surface area (Å²) < 4.78 is 5.14. The number of hydrogen-bond acceptors (Lipinski definition) is 5. The molecule has 0 aliphatic rings. The van der Waals surface area contributed by atoms with Crippen LogP contribution in [0.5, 0.6) is 5.75 Å². The fourth-order valence-corrected chi connectivity index (χ4v) is 2.81. The Balaban J connectivity index is 1.52. The molecular weight excluding hydrogens is 352 g/mol. The fourth-order valence-electron chi connectivity index (χ4n) is 2.81. The summed E-state index contributed by atoms with van der Waals surface area (Å²) in [5, 5.41) is 14.2. The lowest BCUT2D eigenvalue weighted by molar-refractivity contribution is 0.0948. The summed E-state index contributed by atoms with van der Waals surface area (Å²) in [7, 11) is 1.64. The Labute approximate surface area is 165 Å². The molecule has 0 saturated heterocycles. The van der Waals surface area contributed by atoms with Gasteiger partial charge in [0.1, 0.15) is 5.75 Å². The van der Waals surface area contributed by atoms with Crippen molar-refractivity contribution in [2.75, 3.05) is 19.0 Å². The van der Waals surface area contributed by atoms with Crippen LogP contribution in [-0.2, 0) is 6.42 Å². The predicted octanol–water partition coefficient (Wildman–Crippen LogP) is 3.82. The normalized spacial score (nSPS) is 10.4. The Bertz CT molecular complexity index is 938. The topological polar surface area (TPSA) is 76.1 Å². The summed E-state index contributed by atoms with van der Waals surface area (Å²) in [6.07, 6.45) is 0.732. The number of ether oxygens (including phenoxy) is 1. The Morgan fingerprint density at radius 2 is 1.79 bits per heavy atom. The monoisotopic (exact) mass is 376 g/mol. The minimum Gasteiger partial charge on any atom is -0.497 e. The van der Waals surface area contributed by atoms with Gasteiger partial charge in [-0.1, -0.05) is 29.8 Å². The maximum atomic E-state index is 12.2. The van der Waals surface area contributed by atoms with E-state index in [1.54, 1.807) is 19.2 Å². The van der Waals surface area contributed by atoms with Crippen molar-refractivity contribution < 1.29 is 9.53 Å². The van der Waals surface area contributed by atoms with E-state index in [2.05, 4.69) is 33.8 Å². The molecule has 0 aliphatic carbocycles. The largest absolute Gasteiger partial charge is 0.497 e. The highest BCUT2D eigenvalue weighted by Gasteiger charge is 2.08. The van der Waals surface area contributed by atoms with Crippen molar-refractivity contribution >= 4 is 17.4 Å². The molecule has 28 heavy (non-hydrogen) atoms. The zero-order chi connectivity index (χ0) is 19.9. The lowest BCUT2D eigenvalue weighted by atomic mass is 10.1. The summed E-state index contributed by atoms with van der Waals surface area (Å²) in [4.78, 5) is 12.2. The molecule has 0 fully saturated rings. The second-order valence-corrected chi connectivity index (χ2v) is 6.60. The number of benzene rings is 2. The van der Waals surface area contributed by atoms with Crippen LogP contribution in [0.25, 0.3) is 0 Å². The number of carbonyl (C=O) groups is 1. The number of nitrogens with zero attached hydrogens (tertiary/aromatic N) is 2. The molecule has 1 heterocycles. The van der Waals surface area contributed by atoms with Crippen LogP contribution in [-0.4, -0.2) is 29.8 Å². The molecule has 1 aromatic heterocycles. The number of anilines is 2. The highest BCUT2D eigenvalue weighted by molar-refractivity contribution is 5.92. The van der Waals surface area contributed by atoms with Gasteiger partial charge < -0.3 is 15.4 Å². The number of methoxy groups -OCH3 is 1. The maximum absolute atomic E-state index is 12.2. The van der Waals surface area contributed by atoms with E-state index in [0.717, 1.165) is 29.0 Å². The van der Waals surface area contributed by atoms with Gasteiger partial charge in [-0.2, -0.15) is 0 Å². The van der Waals surface area contributed by atoms with Gasteiger partial charge in [-0.25, -0.2) is 0 Å². The molecule has 3 rings (SSSR count). The average Bonchev–Trinajstić information content (AvgIpc) is 2.71. The van der Waals surface area contributed by atoms with E-state index in [-0.39, 0.29) is 5.91 Å². The highest BCUT2D eigenvalue weighted by atomic mass is 16.5. The quantitative estimate of drug-likeness (QED) is 0.656. The molecule has 0 atom stereocenters. The standard InChI is InChI=1S/C22H24N4O2/c1-15-4-9-19(16(2)14-15)24-21-11-10-20(25-26-21)22(27)23-13-12-17-5-7-18(28-3)8-6-17/h4-11,14H,12-13H2,1-3H3,(H,23,27)(H,24,26). The van der Waals surface area contributed by atoms with Crippen molar-refractivity contribution in [3.8, 4) is 5.75 Å². The van der Waals surface area contributed by atoms with Gasteiger partial charge in [0, 0.05) is 12.2 Å². The predicted molar refractivity (Wildman–Crippen MR) is 110 cm³/mol. The van der Waals surface area contributed by atoms with Gasteiger partial charge in [-0.15, -0.1) is 10.2 Å². The molecule has 0 saturated carbocycles. The van der Waals surface area contributed by atoms with Crippen molar-refractivity contribution in [1.29, 1.82) is 0 Å². The minimum atomic E-state index is -0.237. The summed E-state index contributed by atoms with van der Waals surface area (Å²) in [5.74, 6) is 1.18. The first kappa shape index (κ1) is 19.4. The molecule has 0 unspecified atom stereocenters. The molecule has 144 valence electrons. The van der Waals surface area contributed by atoms with Crippen molar-refractivity contribution in [3.63, 3.8) is 0 Å². The Morgan fingerprint density at radius 1 is 1.00 bits per heavy atom. The van der Waals surface area contributed by atoms with E-state index in [0.29, 0.717) is 18.1 Å². The number of carbonyl (C=O) groups excluding carboxylic acids is 1. The van der Waals surface area contributed by atoms with Crippen LogP contribution in [0.4, 0.5) is 11.5 Å². The van der Waals surface area contributed by atoms with Crippen molar-refractivity contribution in [2.45, 2.75) is 20.3 Å². The van der Waals surface area contributed by atoms with Gasteiger partial charge in [-0.3, -0.25) is 4.79 Å². The van der Waals surface area contributed by atoms with E-state index >= 15 is 0 Å². The molecule has 6 nitrogen and oxygen atoms in total. The third-order valence-corrected chi connectivity index (χ3v) is 4.40. The molecule has 2 aromatic carbocycles. The van der Waals surface area contributed by atoms with E-state index in [4.69, 9.17) is 4.74 Å². The molecule has 0 aliphatic heterocycles. The summed E-state index contributed by atoms with van der Waals surface area (Å²) in [6, 6.07) is 17.3. The molecule has 1 amide bonds. The SMILES string of the molecule is COc1ccc(CCNC(=O)c2ccc(Nc3ccc(C)cc3C)nn2)cc1. The van der Waals surface area contributed by atoms with Crippen LogP contribution >= 0.6 is 0 Å². The Hall–Kier alpha value is -3.41. The Morgan fingerprint density at radius 3 is 2.43 bits per heavy atom. The van der Waals surface area contributed by atoms with Crippen molar-refractivity contribution in [2.24, 2.45) is 0 Å². The van der Waals surface area contributed by atoms with Gasteiger partial charge in [0.05, 0.1) is 7.11 Å². The molecule has 0 radical (unpaired) electrons. The third-order valence-electron chi connectivity index (χ3n) is 4.40. The van der Waals surface area contributed by atoms with E-state index in [1.165, 1.54) is 5.56 Å². The summed E-state index contributed by atoms with van der Waals surface area (Å²) in [6.45, 7) is 4.61. The first-order valence-electron chi connectivity index (χ1n) is 9.14. The van der Waals surface area contributed by atoms with Gasteiger partial charge in [0.25, 0.3) is 5.91 Å².